The summed E-state index contributed by atoms with van der Waals surface area (Å²) < 4.78 is 49.3. The van der Waals surface area contributed by atoms with Crippen molar-refractivity contribution in [2.24, 2.45) is 0 Å². The van der Waals surface area contributed by atoms with Crippen molar-refractivity contribution in [3.63, 3.8) is 0 Å². The van der Waals surface area contributed by atoms with Crippen LogP contribution in [0.3, 0.4) is 0 Å². The van der Waals surface area contributed by atoms with Crippen LogP contribution in [0.5, 0.6) is 5.75 Å². The zero-order chi connectivity index (χ0) is 27.8. The van der Waals surface area contributed by atoms with Gasteiger partial charge in [0, 0.05) is 37.0 Å². The summed E-state index contributed by atoms with van der Waals surface area (Å²) in [5.41, 5.74) is 4.15. The van der Waals surface area contributed by atoms with Gasteiger partial charge in [-0.05, 0) is 48.4 Å². The zero-order valence-electron chi connectivity index (χ0n) is 21.5. The quantitative estimate of drug-likeness (QED) is 0.226. The second-order valence-corrected chi connectivity index (χ2v) is 8.56. The Bertz CT molecular complexity index is 1410. The van der Waals surface area contributed by atoms with Gasteiger partial charge in [-0.25, -0.2) is 4.52 Å². The molecule has 0 unspecified atom stereocenters. The molecule has 0 saturated carbocycles. The third-order valence-corrected chi connectivity index (χ3v) is 5.72. The molecule has 0 radical (unpaired) electrons. The first-order valence-electron chi connectivity index (χ1n) is 12.3. The van der Waals surface area contributed by atoms with Crippen LogP contribution in [0.25, 0.3) is 16.8 Å². The van der Waals surface area contributed by atoms with E-state index in [1.807, 2.05) is 37.4 Å². The Morgan fingerprint density at radius 1 is 1.05 bits per heavy atom. The number of ether oxygens (including phenoxy) is 2. The summed E-state index contributed by atoms with van der Waals surface area (Å²) in [7, 11) is 1.51. The van der Waals surface area contributed by atoms with Crippen molar-refractivity contribution in [2.75, 3.05) is 38.7 Å². The monoisotopic (exact) mass is 542 g/mol. The number of aromatic nitrogens is 3. The summed E-state index contributed by atoms with van der Waals surface area (Å²) in [5, 5.41) is 12.8. The number of carbonyl (C=O) groups is 1. The van der Waals surface area contributed by atoms with Gasteiger partial charge < -0.3 is 25.4 Å². The number of halogens is 3. The Morgan fingerprint density at radius 3 is 2.54 bits per heavy atom. The van der Waals surface area contributed by atoms with E-state index >= 15 is 0 Å². The molecule has 2 aromatic heterocycles. The van der Waals surface area contributed by atoms with Crippen LogP contribution in [0, 0.1) is 0 Å². The number of nitrogens with one attached hydrogen (secondary N) is 3. The summed E-state index contributed by atoms with van der Waals surface area (Å²) in [5.74, 6) is 0.561. The maximum atomic E-state index is 12.4. The molecular weight excluding hydrogens is 513 g/mol. The highest BCUT2D eigenvalue weighted by atomic mass is 19.4. The van der Waals surface area contributed by atoms with Crippen LogP contribution >= 0.6 is 0 Å². The molecule has 9 nitrogen and oxygen atoms in total. The highest BCUT2D eigenvalue weighted by Crippen LogP contribution is 2.28. The standard InChI is InChI=1S/C27H29F3N6O3/c1-3-39-13-12-32-25(37)20-8-10-22(23(14-20)38-2)33-26-34-24-11-9-21(16-36(24)35-26)19-6-4-18(5-7-19)15-31-17-27(28,29)30/h4-11,14,16,31H,3,12-13,15,17H2,1-2H3,(H,32,37)(H,33,35). The number of methoxy groups -OCH3 is 1. The van der Waals surface area contributed by atoms with Crippen molar-refractivity contribution in [3.05, 3.63) is 71.9 Å². The number of anilines is 2. The number of alkyl halides is 3. The van der Waals surface area contributed by atoms with E-state index in [1.165, 1.54) is 7.11 Å². The average Bonchev–Trinajstić information content (AvgIpc) is 3.32. The Kier molecular flexibility index (Phi) is 8.99. The molecule has 0 fully saturated rings. The van der Waals surface area contributed by atoms with Crippen molar-refractivity contribution >= 4 is 23.2 Å². The first-order chi connectivity index (χ1) is 18.8. The van der Waals surface area contributed by atoms with Crippen molar-refractivity contribution in [1.82, 2.24) is 25.2 Å². The lowest BCUT2D eigenvalue weighted by Crippen LogP contribution is -2.28. The maximum absolute atomic E-state index is 12.4. The Hall–Kier alpha value is -4.16. The second-order valence-electron chi connectivity index (χ2n) is 8.56. The number of carbonyl (C=O) groups excluding carboxylic acids is 1. The van der Waals surface area contributed by atoms with E-state index in [2.05, 4.69) is 26.0 Å². The largest absolute Gasteiger partial charge is 0.495 e. The molecule has 0 bridgehead atoms. The topological polar surface area (TPSA) is 102 Å². The molecule has 0 spiro atoms. The van der Waals surface area contributed by atoms with Crippen LogP contribution in [0.1, 0.15) is 22.8 Å². The van der Waals surface area contributed by atoms with E-state index in [0.717, 1.165) is 16.7 Å². The number of fused-ring (bicyclic) bond motifs is 1. The predicted molar refractivity (Wildman–Crippen MR) is 141 cm³/mol. The molecule has 0 atom stereocenters. The van der Waals surface area contributed by atoms with Crippen molar-refractivity contribution in [1.29, 1.82) is 0 Å². The number of hydrogen-bond donors (Lipinski definition) is 3. The lowest BCUT2D eigenvalue weighted by Gasteiger charge is -2.11. The highest BCUT2D eigenvalue weighted by molar-refractivity contribution is 5.95. The third kappa shape index (κ3) is 7.68. The van der Waals surface area contributed by atoms with E-state index in [9.17, 15) is 18.0 Å². The first-order valence-corrected chi connectivity index (χ1v) is 12.3. The summed E-state index contributed by atoms with van der Waals surface area (Å²) in [6.07, 6.45) is -2.42. The van der Waals surface area contributed by atoms with Crippen molar-refractivity contribution < 1.29 is 27.4 Å². The minimum absolute atomic E-state index is 0.125. The first kappa shape index (κ1) is 27.9. The lowest BCUT2D eigenvalue weighted by molar-refractivity contribution is -0.125. The molecule has 1 amide bonds. The normalized spacial score (nSPS) is 11.5. The molecular formula is C27H29F3N6O3. The lowest BCUT2D eigenvalue weighted by atomic mass is 10.1. The highest BCUT2D eigenvalue weighted by Gasteiger charge is 2.26. The number of benzene rings is 2. The van der Waals surface area contributed by atoms with Gasteiger partial charge in [0.15, 0.2) is 5.65 Å². The van der Waals surface area contributed by atoms with E-state index < -0.39 is 12.7 Å². The molecule has 0 aliphatic heterocycles. The molecule has 3 N–H and O–H groups in total. The smallest absolute Gasteiger partial charge is 0.401 e. The molecule has 0 aliphatic rings. The average molecular weight is 543 g/mol. The fourth-order valence-corrected chi connectivity index (χ4v) is 3.81. The van der Waals surface area contributed by atoms with Gasteiger partial charge in [-0.15, -0.1) is 5.10 Å². The number of hydrogen-bond acceptors (Lipinski definition) is 7. The molecule has 4 rings (SSSR count). The molecule has 206 valence electrons. The van der Waals surface area contributed by atoms with Crippen molar-refractivity contribution in [2.45, 2.75) is 19.6 Å². The van der Waals surface area contributed by atoms with E-state index in [0.29, 0.717) is 48.4 Å². The molecule has 0 saturated heterocycles. The number of rotatable bonds is 12. The van der Waals surface area contributed by atoms with Gasteiger partial charge in [0.25, 0.3) is 5.91 Å². The summed E-state index contributed by atoms with van der Waals surface area (Å²) in [4.78, 5) is 16.9. The Morgan fingerprint density at radius 2 is 1.82 bits per heavy atom. The van der Waals surface area contributed by atoms with Crippen LogP contribution in [-0.4, -0.2) is 60.1 Å². The van der Waals surface area contributed by atoms with Crippen LogP contribution in [-0.2, 0) is 11.3 Å². The summed E-state index contributed by atoms with van der Waals surface area (Å²) in [6.45, 7) is 2.42. The molecule has 0 aliphatic carbocycles. The second kappa shape index (κ2) is 12.6. The molecule has 2 heterocycles. The molecule has 12 heteroatoms. The SMILES string of the molecule is CCOCCNC(=O)c1ccc(Nc2nc3ccc(-c4ccc(CNCC(F)(F)F)cc4)cn3n2)c(OC)c1. The van der Waals surface area contributed by atoms with Crippen LogP contribution in [0.4, 0.5) is 24.8 Å². The summed E-state index contributed by atoms with van der Waals surface area (Å²) in [6, 6.07) is 16.0. The summed E-state index contributed by atoms with van der Waals surface area (Å²) >= 11 is 0. The van der Waals surface area contributed by atoms with Crippen LogP contribution in [0.15, 0.2) is 60.8 Å². The van der Waals surface area contributed by atoms with Gasteiger partial charge in [-0.2, -0.15) is 18.2 Å². The van der Waals surface area contributed by atoms with Crippen molar-refractivity contribution in [3.8, 4) is 16.9 Å². The number of pyridine rings is 1. The number of amides is 1. The molecule has 2 aromatic carbocycles. The van der Waals surface area contributed by atoms with Gasteiger partial charge in [-0.1, -0.05) is 24.3 Å². The zero-order valence-corrected chi connectivity index (χ0v) is 21.5. The minimum Gasteiger partial charge on any atom is -0.495 e. The fraction of sp³-hybridized carbons (Fsp3) is 0.296. The molecule has 4 aromatic rings. The van der Waals surface area contributed by atoms with Gasteiger partial charge in [-0.3, -0.25) is 4.79 Å². The molecule has 39 heavy (non-hydrogen) atoms. The van der Waals surface area contributed by atoms with E-state index in [-0.39, 0.29) is 12.5 Å². The third-order valence-electron chi connectivity index (χ3n) is 5.72. The van der Waals surface area contributed by atoms with E-state index in [1.54, 1.807) is 34.8 Å². The van der Waals surface area contributed by atoms with Crippen LogP contribution < -0.4 is 20.7 Å². The maximum Gasteiger partial charge on any atom is 0.401 e. The Labute approximate surface area is 223 Å². The van der Waals surface area contributed by atoms with Gasteiger partial charge in [0.2, 0.25) is 5.95 Å². The predicted octanol–water partition coefficient (Wildman–Crippen LogP) is 4.57. The minimum atomic E-state index is -4.24. The van der Waals surface area contributed by atoms with Gasteiger partial charge in [0.1, 0.15) is 5.75 Å². The number of nitrogens with zero attached hydrogens (tertiary/aromatic N) is 3. The van der Waals surface area contributed by atoms with Gasteiger partial charge >= 0.3 is 6.18 Å². The Balaban J connectivity index is 1.43. The van der Waals surface area contributed by atoms with E-state index in [4.69, 9.17) is 9.47 Å². The van der Waals surface area contributed by atoms with Crippen LogP contribution in [0.2, 0.25) is 0 Å². The fourth-order valence-electron chi connectivity index (χ4n) is 3.81. The van der Waals surface area contributed by atoms with Gasteiger partial charge in [0.05, 0.1) is 25.9 Å².